The number of nitrogens with one attached hydrogen (secondary N) is 2. The average molecular weight is 322 g/mol. The van der Waals surface area contributed by atoms with Crippen LogP contribution in [0.2, 0.25) is 0 Å². The maximum atomic E-state index is 10.7. The fourth-order valence-corrected chi connectivity index (χ4v) is 3.31. The van der Waals surface area contributed by atoms with Gasteiger partial charge < -0.3 is 15.7 Å². The quantitative estimate of drug-likeness (QED) is 0.691. The Morgan fingerprint density at radius 2 is 1.88 bits per heavy atom. The molecule has 1 aliphatic rings. The molecule has 1 fully saturated rings. The Balaban J connectivity index is 1.56. The van der Waals surface area contributed by atoms with E-state index in [2.05, 4.69) is 33.9 Å². The monoisotopic (exact) mass is 322 g/mol. The molecule has 3 N–H and O–H groups in total. The molecule has 5 heteroatoms. The van der Waals surface area contributed by atoms with Gasteiger partial charge in [-0.2, -0.15) is 5.10 Å². The summed E-state index contributed by atoms with van der Waals surface area (Å²) in [7, 11) is 0. The first-order chi connectivity index (χ1) is 11.7. The van der Waals surface area contributed by atoms with Crippen LogP contribution in [-0.4, -0.2) is 33.6 Å². The molecule has 0 bridgehead atoms. The molecule has 24 heavy (non-hydrogen) atoms. The van der Waals surface area contributed by atoms with E-state index in [-0.39, 0.29) is 0 Å². The molecule has 1 aromatic heterocycles. The summed E-state index contributed by atoms with van der Waals surface area (Å²) in [5.74, 6) is 0. The van der Waals surface area contributed by atoms with E-state index in [0.29, 0.717) is 6.54 Å². The fourth-order valence-electron chi connectivity index (χ4n) is 3.31. The van der Waals surface area contributed by atoms with Crippen molar-refractivity contribution in [3.8, 4) is 0 Å². The molecule has 4 rings (SSSR count). The molecule has 3 aromatic rings. The minimum Gasteiger partial charge on any atom is -0.388 e. The van der Waals surface area contributed by atoms with E-state index in [0.717, 1.165) is 48.2 Å². The van der Waals surface area contributed by atoms with E-state index >= 15 is 0 Å². The molecule has 0 unspecified atom stereocenters. The van der Waals surface area contributed by atoms with Crippen LogP contribution in [0.5, 0.6) is 0 Å². The Kier molecular flexibility index (Phi) is 3.96. The van der Waals surface area contributed by atoms with Crippen molar-refractivity contribution in [3.05, 3.63) is 54.7 Å². The number of aliphatic hydroxyl groups is 1. The molecule has 1 aliphatic heterocycles. The summed E-state index contributed by atoms with van der Waals surface area (Å²) in [4.78, 5) is 0. The number of piperidine rings is 1. The predicted molar refractivity (Wildman–Crippen MR) is 96.5 cm³/mol. The van der Waals surface area contributed by atoms with Crippen molar-refractivity contribution in [1.29, 1.82) is 0 Å². The highest BCUT2D eigenvalue weighted by Gasteiger charge is 2.30. The molecule has 2 heterocycles. The first kappa shape index (κ1) is 15.2. The van der Waals surface area contributed by atoms with Crippen molar-refractivity contribution in [2.45, 2.75) is 25.0 Å². The summed E-state index contributed by atoms with van der Waals surface area (Å²) in [6.07, 6.45) is 3.40. The molecule has 0 atom stereocenters. The van der Waals surface area contributed by atoms with Gasteiger partial charge in [-0.25, -0.2) is 0 Å². The van der Waals surface area contributed by atoms with Gasteiger partial charge in [0.15, 0.2) is 0 Å². The van der Waals surface area contributed by atoms with Crippen LogP contribution in [0.1, 0.15) is 12.8 Å². The van der Waals surface area contributed by atoms with E-state index in [1.165, 1.54) is 0 Å². The van der Waals surface area contributed by atoms with Gasteiger partial charge in [0.25, 0.3) is 0 Å². The summed E-state index contributed by atoms with van der Waals surface area (Å²) < 4.78 is 1.92. The van der Waals surface area contributed by atoms with Crippen LogP contribution in [0, 0.1) is 0 Å². The van der Waals surface area contributed by atoms with Gasteiger partial charge in [-0.3, -0.25) is 4.68 Å². The van der Waals surface area contributed by atoms with Crippen molar-refractivity contribution in [2.75, 3.05) is 18.4 Å². The van der Waals surface area contributed by atoms with Gasteiger partial charge in [-0.15, -0.1) is 0 Å². The first-order valence-corrected chi connectivity index (χ1v) is 8.43. The summed E-state index contributed by atoms with van der Waals surface area (Å²) >= 11 is 0. The van der Waals surface area contributed by atoms with Crippen molar-refractivity contribution >= 4 is 22.3 Å². The summed E-state index contributed by atoms with van der Waals surface area (Å²) in [5, 5.41) is 23.0. The van der Waals surface area contributed by atoms with Crippen LogP contribution in [0.4, 0.5) is 11.4 Å². The highest BCUT2D eigenvalue weighted by molar-refractivity contribution is 5.83. The van der Waals surface area contributed by atoms with Crippen LogP contribution in [0.25, 0.3) is 10.9 Å². The number of fused-ring (bicyclic) bond motifs is 1. The summed E-state index contributed by atoms with van der Waals surface area (Å²) in [6, 6.07) is 16.3. The van der Waals surface area contributed by atoms with Crippen molar-refractivity contribution < 1.29 is 5.11 Å². The number of hydrogen-bond donors (Lipinski definition) is 3. The predicted octanol–water partition coefficient (Wildman–Crippen LogP) is 2.89. The van der Waals surface area contributed by atoms with Crippen LogP contribution in [-0.2, 0) is 6.54 Å². The molecule has 124 valence electrons. The zero-order valence-corrected chi connectivity index (χ0v) is 13.6. The lowest BCUT2D eigenvalue weighted by Crippen LogP contribution is -2.44. The minimum atomic E-state index is -0.662. The standard InChI is InChI=1S/C19H22N4O/c24-19(8-10-20-11-9-19)14-23-18-7-6-17(12-15(18)13-21-23)22-16-4-2-1-3-5-16/h1-7,12-13,20,22,24H,8-11,14H2. The minimum absolute atomic E-state index is 0.545. The van der Waals surface area contributed by atoms with Crippen LogP contribution in [0.3, 0.4) is 0 Å². The van der Waals surface area contributed by atoms with E-state index in [1.807, 2.05) is 41.2 Å². The second-order valence-electron chi connectivity index (χ2n) is 6.54. The smallest absolute Gasteiger partial charge is 0.0867 e. The molecular formula is C19H22N4O. The third kappa shape index (κ3) is 3.13. The third-order valence-electron chi connectivity index (χ3n) is 4.68. The van der Waals surface area contributed by atoms with Gasteiger partial charge in [0, 0.05) is 16.8 Å². The molecule has 0 saturated carbocycles. The maximum absolute atomic E-state index is 10.7. The van der Waals surface area contributed by atoms with Gasteiger partial charge in [0.1, 0.15) is 0 Å². The van der Waals surface area contributed by atoms with Gasteiger partial charge in [0.2, 0.25) is 0 Å². The van der Waals surface area contributed by atoms with Crippen LogP contribution >= 0.6 is 0 Å². The third-order valence-corrected chi connectivity index (χ3v) is 4.68. The summed E-state index contributed by atoms with van der Waals surface area (Å²) in [5.41, 5.74) is 2.49. The number of para-hydroxylation sites is 1. The van der Waals surface area contributed by atoms with E-state index in [4.69, 9.17) is 0 Å². The van der Waals surface area contributed by atoms with Gasteiger partial charge in [0.05, 0.1) is 23.9 Å². The Morgan fingerprint density at radius 1 is 1.08 bits per heavy atom. The van der Waals surface area contributed by atoms with Gasteiger partial charge >= 0.3 is 0 Å². The number of hydrogen-bond acceptors (Lipinski definition) is 4. The maximum Gasteiger partial charge on any atom is 0.0867 e. The second kappa shape index (κ2) is 6.26. The largest absolute Gasteiger partial charge is 0.388 e. The lowest BCUT2D eigenvalue weighted by Gasteiger charge is -2.32. The molecule has 2 aromatic carbocycles. The topological polar surface area (TPSA) is 62.1 Å². The lowest BCUT2D eigenvalue weighted by atomic mass is 9.92. The molecule has 5 nitrogen and oxygen atoms in total. The lowest BCUT2D eigenvalue weighted by molar-refractivity contribution is -0.00715. The summed E-state index contributed by atoms with van der Waals surface area (Å²) in [6.45, 7) is 2.27. The first-order valence-electron chi connectivity index (χ1n) is 8.43. The van der Waals surface area contributed by atoms with Crippen LogP contribution < -0.4 is 10.6 Å². The number of nitrogens with zero attached hydrogens (tertiary/aromatic N) is 2. The Morgan fingerprint density at radius 3 is 2.67 bits per heavy atom. The Labute approximate surface area is 141 Å². The molecular weight excluding hydrogens is 300 g/mol. The van der Waals surface area contributed by atoms with Crippen molar-refractivity contribution in [1.82, 2.24) is 15.1 Å². The Hall–Kier alpha value is -2.37. The fraction of sp³-hybridized carbons (Fsp3) is 0.316. The molecule has 0 aliphatic carbocycles. The highest BCUT2D eigenvalue weighted by Crippen LogP contribution is 2.25. The number of aromatic nitrogens is 2. The average Bonchev–Trinajstić information content (AvgIpc) is 2.98. The highest BCUT2D eigenvalue weighted by atomic mass is 16.3. The zero-order chi connectivity index (χ0) is 16.4. The second-order valence-corrected chi connectivity index (χ2v) is 6.54. The van der Waals surface area contributed by atoms with E-state index in [1.54, 1.807) is 0 Å². The molecule has 0 amide bonds. The molecule has 0 radical (unpaired) electrons. The van der Waals surface area contributed by atoms with E-state index in [9.17, 15) is 5.11 Å². The van der Waals surface area contributed by atoms with Gasteiger partial charge in [-0.1, -0.05) is 18.2 Å². The number of rotatable bonds is 4. The zero-order valence-electron chi connectivity index (χ0n) is 13.6. The normalized spacial score (nSPS) is 17.0. The van der Waals surface area contributed by atoms with Crippen LogP contribution in [0.15, 0.2) is 54.7 Å². The molecule has 0 spiro atoms. The Bertz CT molecular complexity index is 822. The van der Waals surface area contributed by atoms with Gasteiger partial charge in [-0.05, 0) is 56.3 Å². The number of anilines is 2. The van der Waals surface area contributed by atoms with E-state index < -0.39 is 5.60 Å². The number of benzene rings is 2. The molecule has 1 saturated heterocycles. The van der Waals surface area contributed by atoms with Crippen molar-refractivity contribution in [3.63, 3.8) is 0 Å². The van der Waals surface area contributed by atoms with Crippen molar-refractivity contribution in [2.24, 2.45) is 0 Å². The SMILES string of the molecule is OC1(Cn2ncc3cc(Nc4ccccc4)ccc32)CCNCC1.